The molecule has 17 heavy (non-hydrogen) atoms. The van der Waals surface area contributed by atoms with Crippen molar-refractivity contribution < 1.29 is 19.2 Å². The van der Waals surface area contributed by atoms with Gasteiger partial charge in [0.05, 0.1) is 13.2 Å². The van der Waals surface area contributed by atoms with Crippen LogP contribution < -0.4 is 5.46 Å². The maximum atomic E-state index is 11.3. The number of aryl methyl sites for hydroxylation is 1. The Morgan fingerprint density at radius 3 is 3.18 bits per heavy atom. The highest BCUT2D eigenvalue weighted by Gasteiger charge is 2.29. The molecule has 5 heteroatoms. The number of esters is 1. The van der Waals surface area contributed by atoms with Crippen molar-refractivity contribution in [1.82, 2.24) is 0 Å². The summed E-state index contributed by atoms with van der Waals surface area (Å²) in [6.45, 7) is 2.62. The Balaban J connectivity index is 2.07. The van der Waals surface area contributed by atoms with E-state index >= 15 is 0 Å². The number of rotatable bonds is 4. The molecule has 1 heterocycles. The summed E-state index contributed by atoms with van der Waals surface area (Å²) in [5.74, 6) is -0.210. The highest BCUT2D eigenvalue weighted by Crippen LogP contribution is 2.14. The van der Waals surface area contributed by atoms with Crippen LogP contribution in [-0.2, 0) is 27.2 Å². The van der Waals surface area contributed by atoms with Gasteiger partial charge in [-0.1, -0.05) is 18.2 Å². The summed E-state index contributed by atoms with van der Waals surface area (Å²) in [7, 11) is -0.858. The number of hydrogen-bond donors (Lipinski definition) is 1. The average molecular weight is 234 g/mol. The van der Waals surface area contributed by atoms with Crippen molar-refractivity contribution in [3.8, 4) is 0 Å². The van der Waals surface area contributed by atoms with Gasteiger partial charge in [0.15, 0.2) is 0 Å². The van der Waals surface area contributed by atoms with Crippen LogP contribution in [0.25, 0.3) is 0 Å². The van der Waals surface area contributed by atoms with Gasteiger partial charge in [0.1, 0.15) is 0 Å². The number of ether oxygens (including phenoxy) is 1. The van der Waals surface area contributed by atoms with E-state index in [-0.39, 0.29) is 5.97 Å². The summed E-state index contributed by atoms with van der Waals surface area (Å²) in [6, 6.07) is 5.76. The predicted molar refractivity (Wildman–Crippen MR) is 63.8 cm³/mol. The molecule has 0 amide bonds. The third-order valence-electron chi connectivity index (χ3n) is 2.83. The van der Waals surface area contributed by atoms with Crippen LogP contribution in [-0.4, -0.2) is 24.7 Å². The summed E-state index contributed by atoms with van der Waals surface area (Å²) in [4.78, 5) is 11.3. The van der Waals surface area contributed by atoms with Gasteiger partial charge in [-0.05, 0) is 29.9 Å². The fraction of sp³-hybridized carbons (Fsp3) is 0.417. The molecule has 0 aromatic heterocycles. The van der Waals surface area contributed by atoms with E-state index in [2.05, 4.69) is 0 Å². The van der Waals surface area contributed by atoms with E-state index in [1.54, 1.807) is 6.92 Å². The molecular formula is C12H15BO4. The molecule has 90 valence electrons. The Hall–Kier alpha value is -1.33. The largest absolute Gasteiger partial charge is 0.492 e. The number of fused-ring (bicyclic) bond motifs is 1. The fourth-order valence-electron chi connectivity index (χ4n) is 2.05. The number of benzene rings is 1. The van der Waals surface area contributed by atoms with E-state index in [0.29, 0.717) is 26.1 Å². The van der Waals surface area contributed by atoms with Crippen LogP contribution in [0.4, 0.5) is 0 Å². The van der Waals surface area contributed by atoms with E-state index in [9.17, 15) is 9.82 Å². The lowest BCUT2D eigenvalue weighted by Gasteiger charge is -2.07. The maximum absolute atomic E-state index is 11.3. The summed E-state index contributed by atoms with van der Waals surface area (Å²) < 4.78 is 10.0. The third-order valence-corrected chi connectivity index (χ3v) is 2.83. The van der Waals surface area contributed by atoms with Gasteiger partial charge in [0.2, 0.25) is 0 Å². The van der Waals surface area contributed by atoms with Crippen LogP contribution in [0.1, 0.15) is 24.5 Å². The Bertz CT molecular complexity index is 419. The molecule has 2 rings (SSSR count). The third kappa shape index (κ3) is 2.68. The fourth-order valence-corrected chi connectivity index (χ4v) is 2.05. The van der Waals surface area contributed by atoms with Crippen molar-refractivity contribution >= 4 is 18.6 Å². The van der Waals surface area contributed by atoms with Crippen molar-refractivity contribution in [1.29, 1.82) is 0 Å². The van der Waals surface area contributed by atoms with E-state index in [1.807, 2.05) is 18.2 Å². The molecule has 0 spiro atoms. The van der Waals surface area contributed by atoms with Crippen LogP contribution in [0.3, 0.4) is 0 Å². The maximum Gasteiger partial charge on any atom is 0.492 e. The van der Waals surface area contributed by atoms with Gasteiger partial charge in [-0.3, -0.25) is 4.79 Å². The molecule has 0 fully saturated rings. The van der Waals surface area contributed by atoms with Gasteiger partial charge in [-0.25, -0.2) is 0 Å². The zero-order chi connectivity index (χ0) is 12.3. The van der Waals surface area contributed by atoms with Crippen LogP contribution in [0, 0.1) is 0 Å². The highest BCUT2D eigenvalue weighted by molar-refractivity contribution is 6.62. The van der Waals surface area contributed by atoms with Crippen molar-refractivity contribution in [3.05, 3.63) is 29.3 Å². The molecule has 0 radical (unpaired) electrons. The highest BCUT2D eigenvalue weighted by atomic mass is 16.5. The van der Waals surface area contributed by atoms with Gasteiger partial charge < -0.3 is 14.4 Å². The molecule has 1 aromatic carbocycles. The minimum Gasteiger partial charge on any atom is -0.466 e. The second-order valence-electron chi connectivity index (χ2n) is 3.96. The van der Waals surface area contributed by atoms with Crippen molar-refractivity contribution in [2.24, 2.45) is 0 Å². The van der Waals surface area contributed by atoms with Crippen LogP contribution in [0.2, 0.25) is 0 Å². The Labute approximate surface area is 101 Å². The quantitative estimate of drug-likeness (QED) is 0.605. The second kappa shape index (κ2) is 5.34. The van der Waals surface area contributed by atoms with E-state index < -0.39 is 7.12 Å². The van der Waals surface area contributed by atoms with Crippen LogP contribution in [0.15, 0.2) is 18.2 Å². The van der Waals surface area contributed by atoms with Gasteiger partial charge in [-0.15, -0.1) is 0 Å². The first-order valence-electron chi connectivity index (χ1n) is 5.78. The average Bonchev–Trinajstić information content (AvgIpc) is 2.70. The molecule has 0 unspecified atom stereocenters. The minimum absolute atomic E-state index is 0.210. The van der Waals surface area contributed by atoms with Gasteiger partial charge in [-0.2, -0.15) is 0 Å². The Morgan fingerprint density at radius 2 is 2.41 bits per heavy atom. The first-order chi connectivity index (χ1) is 8.22. The molecule has 1 N–H and O–H groups in total. The molecule has 1 aromatic rings. The zero-order valence-corrected chi connectivity index (χ0v) is 9.81. The summed E-state index contributed by atoms with van der Waals surface area (Å²) >= 11 is 0. The lowest BCUT2D eigenvalue weighted by atomic mass is 9.75. The second-order valence-corrected chi connectivity index (χ2v) is 3.96. The standard InChI is InChI=1S/C12H15BO4/c1-2-16-11(14)7-6-9-4-3-5-10-8-17-13(15)12(9)10/h3-5,15H,2,6-8H2,1H3. The molecule has 0 atom stereocenters. The molecule has 0 bridgehead atoms. The van der Waals surface area contributed by atoms with Gasteiger partial charge in [0, 0.05) is 6.42 Å². The first-order valence-corrected chi connectivity index (χ1v) is 5.78. The van der Waals surface area contributed by atoms with Crippen LogP contribution in [0.5, 0.6) is 0 Å². The Morgan fingerprint density at radius 1 is 1.59 bits per heavy atom. The van der Waals surface area contributed by atoms with Crippen molar-refractivity contribution in [2.75, 3.05) is 6.61 Å². The molecule has 4 nitrogen and oxygen atoms in total. The molecule has 1 aliphatic heterocycles. The topological polar surface area (TPSA) is 55.8 Å². The van der Waals surface area contributed by atoms with Crippen LogP contribution >= 0.6 is 0 Å². The smallest absolute Gasteiger partial charge is 0.466 e. The molecule has 0 saturated heterocycles. The summed E-state index contributed by atoms with van der Waals surface area (Å²) in [6.07, 6.45) is 0.902. The summed E-state index contributed by atoms with van der Waals surface area (Å²) in [5.41, 5.74) is 2.77. The molecule has 0 saturated carbocycles. The molecule has 0 aliphatic carbocycles. The van der Waals surface area contributed by atoms with Crippen molar-refractivity contribution in [2.45, 2.75) is 26.4 Å². The molecular weight excluding hydrogens is 219 g/mol. The van der Waals surface area contributed by atoms with E-state index in [1.165, 1.54) is 0 Å². The number of carbonyl (C=O) groups excluding carboxylic acids is 1. The van der Waals surface area contributed by atoms with Gasteiger partial charge >= 0.3 is 13.1 Å². The normalized spacial score (nSPS) is 13.6. The predicted octanol–water partition coefficient (Wildman–Crippen LogP) is 0.400. The monoisotopic (exact) mass is 234 g/mol. The van der Waals surface area contributed by atoms with E-state index in [4.69, 9.17) is 9.39 Å². The zero-order valence-electron chi connectivity index (χ0n) is 9.81. The number of carbonyl (C=O) groups is 1. The van der Waals surface area contributed by atoms with E-state index in [0.717, 1.165) is 16.6 Å². The Kier molecular flexibility index (Phi) is 3.81. The van der Waals surface area contributed by atoms with Gasteiger partial charge in [0.25, 0.3) is 0 Å². The first kappa shape index (κ1) is 12.1. The SMILES string of the molecule is CCOC(=O)CCc1cccc2c1B(O)OC2. The molecule has 1 aliphatic rings. The minimum atomic E-state index is -0.858. The lowest BCUT2D eigenvalue weighted by molar-refractivity contribution is -0.143. The van der Waals surface area contributed by atoms with Crippen molar-refractivity contribution in [3.63, 3.8) is 0 Å². The number of hydrogen-bond acceptors (Lipinski definition) is 4. The lowest BCUT2D eigenvalue weighted by Crippen LogP contribution is -2.31. The summed E-state index contributed by atoms with van der Waals surface area (Å²) in [5, 5.41) is 9.69.